The molecule has 0 aromatic carbocycles. The van der Waals surface area contributed by atoms with Crippen molar-refractivity contribution >= 4 is 0 Å². The van der Waals surface area contributed by atoms with Crippen LogP contribution in [-0.4, -0.2) is 14.7 Å². The third-order valence-corrected chi connectivity index (χ3v) is 3.37. The van der Waals surface area contributed by atoms with Gasteiger partial charge in [-0.3, -0.25) is 0 Å². The first-order chi connectivity index (χ1) is 7.71. The molecule has 0 aliphatic carbocycles. The molecule has 1 aliphatic rings. The first-order valence-corrected chi connectivity index (χ1v) is 6.54. The molecule has 1 aliphatic heterocycles. The minimum atomic E-state index is -0.835. The highest BCUT2D eigenvalue weighted by Crippen LogP contribution is 2.33. The zero-order chi connectivity index (χ0) is 12.8. The Labute approximate surface area is 104 Å². The summed E-state index contributed by atoms with van der Waals surface area (Å²) in [5, 5.41) is 10.2. The van der Waals surface area contributed by atoms with Gasteiger partial charge in [0.25, 0.3) is 0 Å². The summed E-state index contributed by atoms with van der Waals surface area (Å²) < 4.78 is 2.33. The van der Waals surface area contributed by atoms with Gasteiger partial charge in [-0.2, -0.15) is 0 Å². The molecular weight excluding hydrogens is 212 g/mol. The van der Waals surface area contributed by atoms with Crippen LogP contribution in [0.3, 0.4) is 0 Å². The molecule has 2 heterocycles. The van der Waals surface area contributed by atoms with Gasteiger partial charge in [0.2, 0.25) is 0 Å². The summed E-state index contributed by atoms with van der Waals surface area (Å²) in [5.41, 5.74) is 1.32. The molecule has 0 radical (unpaired) electrons. The number of hydrogen-bond acceptors (Lipinski definition) is 2. The van der Waals surface area contributed by atoms with E-state index in [1.54, 1.807) is 0 Å². The van der Waals surface area contributed by atoms with Crippen molar-refractivity contribution < 1.29 is 5.11 Å². The Hall–Kier alpha value is -0.830. The van der Waals surface area contributed by atoms with Crippen LogP contribution < -0.4 is 0 Å². The summed E-state index contributed by atoms with van der Waals surface area (Å²) in [6, 6.07) is 0. The van der Waals surface area contributed by atoms with E-state index in [-0.39, 0.29) is 5.41 Å². The predicted octanol–water partition coefficient (Wildman–Crippen LogP) is 2.74. The topological polar surface area (TPSA) is 38.1 Å². The number of fused-ring (bicyclic) bond motifs is 1. The van der Waals surface area contributed by atoms with E-state index in [9.17, 15) is 5.11 Å². The molecule has 1 aromatic rings. The average Bonchev–Trinajstić information content (AvgIpc) is 2.55. The molecule has 0 bridgehead atoms. The van der Waals surface area contributed by atoms with E-state index in [4.69, 9.17) is 4.98 Å². The number of imidazole rings is 1. The van der Waals surface area contributed by atoms with Gasteiger partial charge in [-0.05, 0) is 33.1 Å². The molecule has 1 aromatic heterocycles. The zero-order valence-electron chi connectivity index (χ0n) is 11.7. The lowest BCUT2D eigenvalue weighted by atomic mass is 9.95. The standard InChI is InChI=1S/C14H24N2O/c1-13(2,3)12-15-11(14(4,5)17)10-8-6-7-9-16(10)12/h17H,6-9H2,1-5H3. The van der Waals surface area contributed by atoms with Crippen molar-refractivity contribution in [1.82, 2.24) is 9.55 Å². The maximum atomic E-state index is 10.2. The van der Waals surface area contributed by atoms with Gasteiger partial charge < -0.3 is 9.67 Å². The largest absolute Gasteiger partial charge is 0.384 e. The monoisotopic (exact) mass is 236 g/mol. The van der Waals surface area contributed by atoms with Crippen LogP contribution in [0.25, 0.3) is 0 Å². The van der Waals surface area contributed by atoms with Crippen LogP contribution in [0.2, 0.25) is 0 Å². The minimum absolute atomic E-state index is 0.0373. The van der Waals surface area contributed by atoms with Crippen molar-refractivity contribution in [2.45, 2.75) is 71.4 Å². The third kappa shape index (κ3) is 2.25. The van der Waals surface area contributed by atoms with Crippen molar-refractivity contribution in [3.63, 3.8) is 0 Å². The lowest BCUT2D eigenvalue weighted by molar-refractivity contribution is 0.0727. The molecule has 3 nitrogen and oxygen atoms in total. The first kappa shape index (κ1) is 12.6. The molecule has 0 spiro atoms. The normalized spacial score (nSPS) is 17.1. The van der Waals surface area contributed by atoms with Crippen molar-refractivity contribution in [3.8, 4) is 0 Å². The van der Waals surface area contributed by atoms with Crippen molar-refractivity contribution in [3.05, 3.63) is 17.2 Å². The van der Waals surface area contributed by atoms with E-state index in [0.717, 1.165) is 24.5 Å². The Bertz CT molecular complexity index is 380. The van der Waals surface area contributed by atoms with Gasteiger partial charge in [-0.15, -0.1) is 0 Å². The summed E-state index contributed by atoms with van der Waals surface area (Å²) in [5.74, 6) is 1.12. The van der Waals surface area contributed by atoms with Gasteiger partial charge in [0, 0.05) is 17.7 Å². The minimum Gasteiger partial charge on any atom is -0.384 e. The van der Waals surface area contributed by atoms with Crippen LogP contribution in [0.15, 0.2) is 0 Å². The second-order valence-electron chi connectivity index (χ2n) is 6.65. The summed E-state index contributed by atoms with van der Waals surface area (Å²) in [6.07, 6.45) is 3.47. The lowest BCUT2D eigenvalue weighted by Gasteiger charge is -2.24. The molecule has 0 saturated carbocycles. The van der Waals surface area contributed by atoms with Crippen LogP contribution in [0, 0.1) is 0 Å². The van der Waals surface area contributed by atoms with E-state index >= 15 is 0 Å². The zero-order valence-corrected chi connectivity index (χ0v) is 11.7. The second kappa shape index (κ2) is 3.84. The van der Waals surface area contributed by atoms with Crippen LogP contribution >= 0.6 is 0 Å². The van der Waals surface area contributed by atoms with Gasteiger partial charge >= 0.3 is 0 Å². The van der Waals surface area contributed by atoms with E-state index in [0.29, 0.717) is 0 Å². The highest BCUT2D eigenvalue weighted by atomic mass is 16.3. The molecule has 3 heteroatoms. The Morgan fingerprint density at radius 1 is 1.12 bits per heavy atom. The number of nitrogens with zero attached hydrogens (tertiary/aromatic N) is 2. The smallest absolute Gasteiger partial charge is 0.114 e. The van der Waals surface area contributed by atoms with Crippen LogP contribution in [0.4, 0.5) is 0 Å². The highest BCUT2D eigenvalue weighted by Gasteiger charge is 2.32. The SMILES string of the molecule is CC(C)(C)c1nc(C(C)(C)O)c2n1CCCC2. The molecule has 17 heavy (non-hydrogen) atoms. The number of hydrogen-bond donors (Lipinski definition) is 1. The summed E-state index contributed by atoms with van der Waals surface area (Å²) in [4.78, 5) is 4.75. The molecule has 2 rings (SSSR count). The maximum absolute atomic E-state index is 10.2. The fourth-order valence-corrected chi connectivity index (χ4v) is 2.61. The summed E-state index contributed by atoms with van der Waals surface area (Å²) in [7, 11) is 0. The molecular formula is C14H24N2O. The summed E-state index contributed by atoms with van der Waals surface area (Å²) in [6.45, 7) is 11.3. The number of aromatic nitrogens is 2. The number of rotatable bonds is 1. The molecule has 96 valence electrons. The molecule has 0 atom stereocenters. The second-order valence-corrected chi connectivity index (χ2v) is 6.65. The Morgan fingerprint density at radius 2 is 1.76 bits per heavy atom. The Kier molecular flexibility index (Phi) is 2.85. The predicted molar refractivity (Wildman–Crippen MR) is 69.1 cm³/mol. The van der Waals surface area contributed by atoms with Crippen LogP contribution in [-0.2, 0) is 24.0 Å². The van der Waals surface area contributed by atoms with E-state index < -0.39 is 5.60 Å². The van der Waals surface area contributed by atoms with Gasteiger partial charge in [-0.1, -0.05) is 20.8 Å². The number of aliphatic hydroxyl groups is 1. The maximum Gasteiger partial charge on any atom is 0.114 e. The highest BCUT2D eigenvalue weighted by molar-refractivity contribution is 5.26. The lowest BCUT2D eigenvalue weighted by Crippen LogP contribution is -2.22. The molecule has 0 saturated heterocycles. The van der Waals surface area contributed by atoms with Gasteiger partial charge in [0.15, 0.2) is 0 Å². The van der Waals surface area contributed by atoms with Gasteiger partial charge in [-0.25, -0.2) is 4.98 Å². The van der Waals surface area contributed by atoms with Gasteiger partial charge in [0.1, 0.15) is 11.4 Å². The third-order valence-electron chi connectivity index (χ3n) is 3.37. The van der Waals surface area contributed by atoms with E-state index in [2.05, 4.69) is 25.3 Å². The Morgan fingerprint density at radius 3 is 2.29 bits per heavy atom. The average molecular weight is 236 g/mol. The first-order valence-electron chi connectivity index (χ1n) is 6.54. The summed E-state index contributed by atoms with van der Waals surface area (Å²) >= 11 is 0. The molecule has 0 amide bonds. The molecule has 0 fully saturated rings. The van der Waals surface area contributed by atoms with Crippen molar-refractivity contribution in [2.75, 3.05) is 0 Å². The molecule has 0 unspecified atom stereocenters. The van der Waals surface area contributed by atoms with E-state index in [1.807, 2.05) is 13.8 Å². The fourth-order valence-electron chi connectivity index (χ4n) is 2.61. The van der Waals surface area contributed by atoms with Crippen LogP contribution in [0.5, 0.6) is 0 Å². The fraction of sp³-hybridized carbons (Fsp3) is 0.786. The van der Waals surface area contributed by atoms with Crippen molar-refractivity contribution in [1.29, 1.82) is 0 Å². The van der Waals surface area contributed by atoms with Gasteiger partial charge in [0.05, 0.1) is 5.69 Å². The molecule has 1 N–H and O–H groups in total. The quantitative estimate of drug-likeness (QED) is 0.814. The van der Waals surface area contributed by atoms with Crippen LogP contribution in [0.1, 0.15) is 64.7 Å². The van der Waals surface area contributed by atoms with E-state index in [1.165, 1.54) is 18.5 Å². The Balaban J connectivity index is 2.60. The van der Waals surface area contributed by atoms with Crippen molar-refractivity contribution in [2.24, 2.45) is 0 Å².